The van der Waals surface area contributed by atoms with Gasteiger partial charge in [0.25, 0.3) is 11.8 Å². The van der Waals surface area contributed by atoms with Gasteiger partial charge in [0.1, 0.15) is 18.1 Å². The van der Waals surface area contributed by atoms with Crippen LogP contribution in [0.2, 0.25) is 0 Å². The molecule has 1 aromatic carbocycles. The zero-order valence-electron chi connectivity index (χ0n) is 17.5. The van der Waals surface area contributed by atoms with Crippen LogP contribution < -0.4 is 15.0 Å². The van der Waals surface area contributed by atoms with Gasteiger partial charge in [-0.25, -0.2) is 4.98 Å². The van der Waals surface area contributed by atoms with Crippen molar-refractivity contribution in [1.82, 2.24) is 15.2 Å². The van der Waals surface area contributed by atoms with Crippen LogP contribution in [-0.2, 0) is 14.3 Å². The van der Waals surface area contributed by atoms with Gasteiger partial charge in [-0.1, -0.05) is 6.07 Å². The lowest BCUT2D eigenvalue weighted by Gasteiger charge is -2.35. The monoisotopic (exact) mass is 426 g/mol. The number of piperazine rings is 1. The summed E-state index contributed by atoms with van der Waals surface area (Å²) in [5, 5.41) is 2.48. The van der Waals surface area contributed by atoms with Crippen molar-refractivity contribution >= 4 is 23.6 Å². The summed E-state index contributed by atoms with van der Waals surface area (Å²) in [6, 6.07) is 12.3. The lowest BCUT2D eigenvalue weighted by molar-refractivity contribution is -0.151. The Labute approximate surface area is 180 Å². The maximum Gasteiger partial charge on any atom is 0.325 e. The van der Waals surface area contributed by atoms with Gasteiger partial charge >= 0.3 is 5.97 Å². The molecule has 2 amide bonds. The number of benzene rings is 1. The Kier molecular flexibility index (Phi) is 7.80. The molecule has 1 fully saturated rings. The number of hydrogen-bond acceptors (Lipinski definition) is 7. The minimum Gasteiger partial charge on any atom is -0.494 e. The molecule has 0 bridgehead atoms. The van der Waals surface area contributed by atoms with Crippen LogP contribution in [0.1, 0.15) is 17.3 Å². The van der Waals surface area contributed by atoms with E-state index in [4.69, 9.17) is 9.47 Å². The molecule has 31 heavy (non-hydrogen) atoms. The normalized spacial score (nSPS) is 13.5. The molecule has 0 aliphatic carbocycles. The molecule has 2 aromatic rings. The van der Waals surface area contributed by atoms with E-state index in [-0.39, 0.29) is 19.1 Å². The number of hydrogen-bond donors (Lipinski definition) is 1. The van der Waals surface area contributed by atoms with Crippen molar-refractivity contribution in [2.75, 3.05) is 50.8 Å². The summed E-state index contributed by atoms with van der Waals surface area (Å²) in [6.07, 6.45) is 1.74. The van der Waals surface area contributed by atoms with Gasteiger partial charge < -0.3 is 24.6 Å². The summed E-state index contributed by atoms with van der Waals surface area (Å²) in [7, 11) is 0. The average molecular weight is 426 g/mol. The van der Waals surface area contributed by atoms with Crippen molar-refractivity contribution in [3.8, 4) is 5.75 Å². The molecule has 1 aromatic heterocycles. The number of nitrogens with one attached hydrogen (secondary N) is 1. The van der Waals surface area contributed by atoms with Crippen molar-refractivity contribution in [1.29, 1.82) is 0 Å². The number of esters is 1. The fourth-order valence-corrected chi connectivity index (χ4v) is 3.13. The number of pyridine rings is 1. The van der Waals surface area contributed by atoms with E-state index in [0.29, 0.717) is 44.1 Å². The van der Waals surface area contributed by atoms with Crippen LogP contribution in [-0.4, -0.2) is 73.6 Å². The molecule has 164 valence electrons. The Morgan fingerprint density at radius 1 is 1.03 bits per heavy atom. The molecule has 2 heterocycles. The van der Waals surface area contributed by atoms with Crippen molar-refractivity contribution in [3.05, 3.63) is 54.2 Å². The molecule has 3 rings (SSSR count). The molecule has 9 nitrogen and oxygen atoms in total. The Morgan fingerprint density at radius 2 is 1.77 bits per heavy atom. The SMILES string of the molecule is CCOc1ccc(C(=O)NCC(=O)OCC(=O)N2CCN(c3ccccn3)CC2)cc1. The molecule has 9 heteroatoms. The van der Waals surface area contributed by atoms with Crippen LogP contribution in [0, 0.1) is 0 Å². The summed E-state index contributed by atoms with van der Waals surface area (Å²) >= 11 is 0. The first-order valence-electron chi connectivity index (χ1n) is 10.2. The summed E-state index contributed by atoms with van der Waals surface area (Å²) in [6.45, 7) is 4.13. The van der Waals surface area contributed by atoms with Crippen molar-refractivity contribution in [2.24, 2.45) is 0 Å². The van der Waals surface area contributed by atoms with E-state index >= 15 is 0 Å². The van der Waals surface area contributed by atoms with Gasteiger partial charge in [-0.3, -0.25) is 14.4 Å². The van der Waals surface area contributed by atoms with E-state index in [1.807, 2.05) is 25.1 Å². The summed E-state index contributed by atoms with van der Waals surface area (Å²) in [5.41, 5.74) is 0.401. The van der Waals surface area contributed by atoms with Crippen molar-refractivity contribution < 1.29 is 23.9 Å². The van der Waals surface area contributed by atoms with Gasteiger partial charge in [0, 0.05) is 37.9 Å². The van der Waals surface area contributed by atoms with Crippen LogP contribution in [0.5, 0.6) is 5.75 Å². The Morgan fingerprint density at radius 3 is 2.42 bits per heavy atom. The van der Waals surface area contributed by atoms with Gasteiger partial charge in [-0.2, -0.15) is 0 Å². The van der Waals surface area contributed by atoms with E-state index in [9.17, 15) is 14.4 Å². The zero-order chi connectivity index (χ0) is 22.1. The Hall–Kier alpha value is -3.62. The second kappa shape index (κ2) is 11.0. The lowest BCUT2D eigenvalue weighted by Crippen LogP contribution is -2.50. The average Bonchev–Trinajstić information content (AvgIpc) is 2.82. The second-order valence-corrected chi connectivity index (χ2v) is 6.86. The van der Waals surface area contributed by atoms with Gasteiger partial charge in [-0.15, -0.1) is 0 Å². The Bertz CT molecular complexity index is 881. The number of carbonyl (C=O) groups excluding carboxylic acids is 3. The molecular formula is C22H26N4O5. The van der Waals surface area contributed by atoms with E-state index in [1.54, 1.807) is 35.4 Å². The number of anilines is 1. The van der Waals surface area contributed by atoms with E-state index in [2.05, 4.69) is 15.2 Å². The molecular weight excluding hydrogens is 400 g/mol. The maximum atomic E-state index is 12.3. The third-order valence-corrected chi connectivity index (χ3v) is 4.78. The molecule has 1 aliphatic rings. The smallest absolute Gasteiger partial charge is 0.325 e. The first-order chi connectivity index (χ1) is 15.1. The summed E-state index contributed by atoms with van der Waals surface area (Å²) in [5.74, 6) is 0.214. The van der Waals surface area contributed by atoms with E-state index < -0.39 is 11.9 Å². The molecule has 1 saturated heterocycles. The predicted octanol–water partition coefficient (Wildman–Crippen LogP) is 1.10. The Balaban J connectivity index is 1.35. The van der Waals surface area contributed by atoms with Gasteiger partial charge in [-0.05, 0) is 43.3 Å². The molecule has 0 spiro atoms. The van der Waals surface area contributed by atoms with Gasteiger partial charge in [0.2, 0.25) is 0 Å². The number of nitrogens with zero attached hydrogens (tertiary/aromatic N) is 3. The largest absolute Gasteiger partial charge is 0.494 e. The van der Waals surface area contributed by atoms with Crippen LogP contribution in [0.15, 0.2) is 48.7 Å². The van der Waals surface area contributed by atoms with E-state index in [0.717, 1.165) is 5.82 Å². The number of aromatic nitrogens is 1. The van der Waals surface area contributed by atoms with Crippen LogP contribution >= 0.6 is 0 Å². The standard InChI is InChI=1S/C22H26N4O5/c1-2-30-18-8-6-17(7-9-18)22(29)24-15-21(28)31-16-20(27)26-13-11-25(12-14-26)19-5-3-4-10-23-19/h3-10H,2,11-16H2,1H3,(H,24,29). The van der Waals surface area contributed by atoms with Crippen LogP contribution in [0.3, 0.4) is 0 Å². The number of ether oxygens (including phenoxy) is 2. The van der Waals surface area contributed by atoms with Gasteiger partial charge in [0.05, 0.1) is 6.61 Å². The highest BCUT2D eigenvalue weighted by Crippen LogP contribution is 2.13. The molecule has 0 radical (unpaired) electrons. The fraction of sp³-hybridized carbons (Fsp3) is 0.364. The van der Waals surface area contributed by atoms with Crippen LogP contribution in [0.4, 0.5) is 5.82 Å². The first kappa shape index (κ1) is 22.1. The molecule has 1 aliphatic heterocycles. The third kappa shape index (κ3) is 6.43. The molecule has 0 saturated carbocycles. The highest BCUT2D eigenvalue weighted by atomic mass is 16.5. The quantitative estimate of drug-likeness (QED) is 0.631. The maximum absolute atomic E-state index is 12.3. The minimum absolute atomic E-state index is 0.258. The highest BCUT2D eigenvalue weighted by molar-refractivity contribution is 5.96. The first-order valence-corrected chi connectivity index (χ1v) is 10.2. The molecule has 0 unspecified atom stereocenters. The molecule has 1 N–H and O–H groups in total. The number of carbonyl (C=O) groups is 3. The van der Waals surface area contributed by atoms with Gasteiger partial charge in [0.15, 0.2) is 6.61 Å². The zero-order valence-corrected chi connectivity index (χ0v) is 17.5. The lowest BCUT2D eigenvalue weighted by atomic mass is 10.2. The molecule has 0 atom stereocenters. The highest BCUT2D eigenvalue weighted by Gasteiger charge is 2.22. The number of rotatable bonds is 8. The second-order valence-electron chi connectivity index (χ2n) is 6.86. The summed E-state index contributed by atoms with van der Waals surface area (Å²) in [4.78, 5) is 44.4. The van der Waals surface area contributed by atoms with Crippen molar-refractivity contribution in [2.45, 2.75) is 6.92 Å². The van der Waals surface area contributed by atoms with Crippen molar-refractivity contribution in [3.63, 3.8) is 0 Å². The number of amides is 2. The topological polar surface area (TPSA) is 101 Å². The minimum atomic E-state index is -0.667. The predicted molar refractivity (Wildman–Crippen MR) is 114 cm³/mol. The summed E-state index contributed by atoms with van der Waals surface area (Å²) < 4.78 is 10.3. The van der Waals surface area contributed by atoms with E-state index in [1.165, 1.54) is 0 Å². The van der Waals surface area contributed by atoms with Crippen LogP contribution in [0.25, 0.3) is 0 Å². The third-order valence-electron chi connectivity index (χ3n) is 4.78. The fourth-order valence-electron chi connectivity index (χ4n) is 3.13.